The minimum atomic E-state index is -0.0311. The molecule has 0 spiro atoms. The first-order valence-corrected chi connectivity index (χ1v) is 6.66. The first-order chi connectivity index (χ1) is 7.61. The molecular weight excluding hydrogens is 200 g/mol. The largest absolute Gasteiger partial charge is 0.353 e. The van der Waals surface area contributed by atoms with Crippen LogP contribution in [0, 0.1) is 5.92 Å². The van der Waals surface area contributed by atoms with Crippen LogP contribution in [-0.4, -0.2) is 18.0 Å². The second-order valence-corrected chi connectivity index (χ2v) is 5.26. The van der Waals surface area contributed by atoms with Gasteiger partial charge in [0.2, 0.25) is 5.91 Å². The van der Waals surface area contributed by atoms with Crippen molar-refractivity contribution < 1.29 is 4.79 Å². The molecule has 0 aromatic heterocycles. The average Bonchev–Trinajstić information content (AvgIpc) is 2.20. The highest BCUT2D eigenvalue weighted by atomic mass is 16.1. The second kappa shape index (κ2) is 6.89. The van der Waals surface area contributed by atoms with Gasteiger partial charge >= 0.3 is 0 Å². The van der Waals surface area contributed by atoms with Gasteiger partial charge in [-0.1, -0.05) is 19.8 Å². The van der Waals surface area contributed by atoms with Gasteiger partial charge in [-0.3, -0.25) is 4.79 Å². The number of hydrogen-bond acceptors (Lipinski definition) is 2. The Morgan fingerprint density at radius 3 is 2.50 bits per heavy atom. The molecule has 16 heavy (non-hydrogen) atoms. The monoisotopic (exact) mass is 226 g/mol. The first kappa shape index (κ1) is 13.5. The topological polar surface area (TPSA) is 55.1 Å². The molecule has 0 bridgehead atoms. The van der Waals surface area contributed by atoms with E-state index in [1.165, 1.54) is 25.7 Å². The van der Waals surface area contributed by atoms with Gasteiger partial charge in [-0.2, -0.15) is 0 Å². The Hall–Kier alpha value is -0.570. The molecule has 1 aliphatic carbocycles. The summed E-state index contributed by atoms with van der Waals surface area (Å²) in [5, 5.41) is 3.09. The highest BCUT2D eigenvalue weighted by molar-refractivity contribution is 5.76. The Bertz CT molecular complexity index is 208. The van der Waals surface area contributed by atoms with E-state index in [1.807, 2.05) is 6.92 Å². The van der Waals surface area contributed by atoms with Crippen LogP contribution < -0.4 is 11.1 Å². The lowest BCUT2D eigenvalue weighted by Gasteiger charge is -2.29. The molecule has 0 saturated heterocycles. The molecule has 1 unspecified atom stereocenters. The van der Waals surface area contributed by atoms with Crippen LogP contribution in [0.2, 0.25) is 0 Å². The average molecular weight is 226 g/mol. The second-order valence-electron chi connectivity index (χ2n) is 5.26. The Morgan fingerprint density at radius 2 is 2.00 bits per heavy atom. The fraction of sp³-hybridized carbons (Fsp3) is 0.923. The van der Waals surface area contributed by atoms with E-state index < -0.39 is 0 Å². The zero-order chi connectivity index (χ0) is 12.0. The summed E-state index contributed by atoms with van der Waals surface area (Å²) in [6.45, 7) is 4.12. The summed E-state index contributed by atoms with van der Waals surface area (Å²) in [6, 6.07) is 0.371. The number of hydrogen-bond donors (Lipinski definition) is 2. The van der Waals surface area contributed by atoms with E-state index in [4.69, 9.17) is 5.73 Å². The smallest absolute Gasteiger partial charge is 0.221 e. The van der Waals surface area contributed by atoms with Gasteiger partial charge in [0.25, 0.3) is 0 Å². The zero-order valence-electron chi connectivity index (χ0n) is 10.7. The van der Waals surface area contributed by atoms with Crippen LogP contribution in [0.4, 0.5) is 0 Å². The summed E-state index contributed by atoms with van der Waals surface area (Å²) in [4.78, 5) is 11.5. The van der Waals surface area contributed by atoms with Crippen molar-refractivity contribution in [3.05, 3.63) is 0 Å². The van der Waals surface area contributed by atoms with E-state index in [-0.39, 0.29) is 11.9 Å². The van der Waals surface area contributed by atoms with E-state index in [0.717, 1.165) is 18.8 Å². The molecule has 1 saturated carbocycles. The van der Waals surface area contributed by atoms with Crippen LogP contribution in [0.15, 0.2) is 0 Å². The summed E-state index contributed by atoms with van der Waals surface area (Å²) in [6.07, 6.45) is 7.93. The van der Waals surface area contributed by atoms with Gasteiger partial charge < -0.3 is 11.1 Å². The lowest BCUT2D eigenvalue weighted by molar-refractivity contribution is -0.122. The number of carbonyl (C=O) groups excluding carboxylic acids is 1. The van der Waals surface area contributed by atoms with Crippen molar-refractivity contribution in [1.82, 2.24) is 5.32 Å². The summed E-state index contributed by atoms with van der Waals surface area (Å²) >= 11 is 0. The van der Waals surface area contributed by atoms with E-state index >= 15 is 0 Å². The molecule has 1 atom stereocenters. The molecule has 1 amide bonds. The highest BCUT2D eigenvalue weighted by Crippen LogP contribution is 2.27. The van der Waals surface area contributed by atoms with Gasteiger partial charge in [-0.15, -0.1) is 0 Å². The molecule has 1 aliphatic rings. The number of nitrogens with two attached hydrogens (primary N) is 1. The molecule has 0 radical (unpaired) electrons. The lowest BCUT2D eigenvalue weighted by atomic mass is 9.83. The van der Waals surface area contributed by atoms with Gasteiger partial charge in [-0.25, -0.2) is 0 Å². The maximum absolute atomic E-state index is 11.5. The van der Waals surface area contributed by atoms with Crippen molar-refractivity contribution in [3.63, 3.8) is 0 Å². The van der Waals surface area contributed by atoms with Crippen molar-refractivity contribution >= 4 is 5.91 Å². The fourth-order valence-corrected chi connectivity index (χ4v) is 2.58. The molecular formula is C13H26N2O. The number of nitrogens with one attached hydrogen (secondary N) is 1. The minimum Gasteiger partial charge on any atom is -0.353 e. The molecule has 3 N–H and O–H groups in total. The van der Waals surface area contributed by atoms with Crippen LogP contribution in [0.3, 0.4) is 0 Å². The van der Waals surface area contributed by atoms with E-state index in [9.17, 15) is 4.79 Å². The van der Waals surface area contributed by atoms with Gasteiger partial charge in [0.05, 0.1) is 0 Å². The Balaban J connectivity index is 2.19. The lowest BCUT2D eigenvalue weighted by Crippen LogP contribution is -2.39. The minimum absolute atomic E-state index is 0.0311. The molecule has 3 nitrogen and oxygen atoms in total. The first-order valence-electron chi connectivity index (χ1n) is 6.66. The summed E-state index contributed by atoms with van der Waals surface area (Å²) < 4.78 is 0. The van der Waals surface area contributed by atoms with E-state index in [2.05, 4.69) is 12.2 Å². The maximum atomic E-state index is 11.5. The van der Waals surface area contributed by atoms with Crippen molar-refractivity contribution in [1.29, 1.82) is 0 Å². The van der Waals surface area contributed by atoms with Crippen LogP contribution in [0.5, 0.6) is 0 Å². The Morgan fingerprint density at radius 1 is 1.38 bits per heavy atom. The predicted molar refractivity (Wildman–Crippen MR) is 67.1 cm³/mol. The molecule has 0 aliphatic heterocycles. The van der Waals surface area contributed by atoms with Gasteiger partial charge in [0.15, 0.2) is 0 Å². The SMILES string of the molecule is CCCC1CCC(NC(=O)CC(C)N)CC1. The van der Waals surface area contributed by atoms with Crippen molar-refractivity contribution in [2.24, 2.45) is 11.7 Å². The van der Waals surface area contributed by atoms with Crippen LogP contribution >= 0.6 is 0 Å². The third-order valence-electron chi connectivity index (χ3n) is 3.42. The number of amides is 1. The highest BCUT2D eigenvalue weighted by Gasteiger charge is 2.21. The van der Waals surface area contributed by atoms with Crippen LogP contribution in [0.1, 0.15) is 58.8 Å². The molecule has 0 aromatic rings. The maximum Gasteiger partial charge on any atom is 0.221 e. The fourth-order valence-electron chi connectivity index (χ4n) is 2.58. The predicted octanol–water partition coefficient (Wildman–Crippen LogP) is 2.20. The molecule has 0 heterocycles. The summed E-state index contributed by atoms with van der Waals surface area (Å²) in [7, 11) is 0. The molecule has 1 fully saturated rings. The molecule has 1 rings (SSSR count). The van der Waals surface area contributed by atoms with E-state index in [0.29, 0.717) is 12.5 Å². The molecule has 3 heteroatoms. The van der Waals surface area contributed by atoms with Gasteiger partial charge in [-0.05, 0) is 38.5 Å². The van der Waals surface area contributed by atoms with Crippen molar-refractivity contribution in [3.8, 4) is 0 Å². The van der Waals surface area contributed by atoms with Crippen LogP contribution in [0.25, 0.3) is 0 Å². The summed E-state index contributed by atoms with van der Waals surface area (Å²) in [5.41, 5.74) is 5.60. The van der Waals surface area contributed by atoms with Crippen molar-refractivity contribution in [2.75, 3.05) is 0 Å². The van der Waals surface area contributed by atoms with E-state index in [1.54, 1.807) is 0 Å². The van der Waals surface area contributed by atoms with Gasteiger partial charge in [0.1, 0.15) is 0 Å². The van der Waals surface area contributed by atoms with Gasteiger partial charge in [0, 0.05) is 18.5 Å². The Kier molecular flexibility index (Phi) is 5.81. The summed E-state index contributed by atoms with van der Waals surface area (Å²) in [5.74, 6) is 1.01. The molecule has 94 valence electrons. The number of rotatable bonds is 5. The van der Waals surface area contributed by atoms with Crippen molar-refractivity contribution in [2.45, 2.75) is 70.9 Å². The normalized spacial score (nSPS) is 27.4. The zero-order valence-corrected chi connectivity index (χ0v) is 10.7. The van der Waals surface area contributed by atoms with Crippen LogP contribution in [-0.2, 0) is 4.79 Å². The third kappa shape index (κ3) is 4.97. The standard InChI is InChI=1S/C13H26N2O/c1-3-4-11-5-7-12(8-6-11)15-13(16)9-10(2)14/h10-12H,3-9,14H2,1-2H3,(H,15,16). The molecule has 0 aromatic carbocycles. The quantitative estimate of drug-likeness (QED) is 0.755. The third-order valence-corrected chi connectivity index (χ3v) is 3.42. The number of carbonyl (C=O) groups is 1. The Labute approximate surface area is 99.2 Å².